The van der Waals surface area contributed by atoms with Crippen LogP contribution in [0.3, 0.4) is 0 Å². The van der Waals surface area contributed by atoms with Gasteiger partial charge in [0.2, 0.25) is 0 Å². The third-order valence-corrected chi connectivity index (χ3v) is 12.8. The van der Waals surface area contributed by atoms with Gasteiger partial charge in [0.1, 0.15) is 12.0 Å². The van der Waals surface area contributed by atoms with E-state index in [-0.39, 0.29) is 35.7 Å². The molecular formula is C30H43FO4Si. The van der Waals surface area contributed by atoms with Gasteiger partial charge in [-0.25, -0.2) is 4.39 Å². The highest BCUT2D eigenvalue weighted by atomic mass is 28.4. The summed E-state index contributed by atoms with van der Waals surface area (Å²) in [7, 11) is -2.07. The minimum Gasteiger partial charge on any atom is -0.481 e. The predicted molar refractivity (Wildman–Crippen MR) is 145 cm³/mol. The topological polar surface area (TPSA) is 63.6 Å². The van der Waals surface area contributed by atoms with E-state index in [1.54, 1.807) is 0 Å². The number of Topliss-reactive ketones (excluding diaryl/α,β-unsaturated/α-hetero) is 1. The number of allylic oxidation sites excluding steroid dienone is 3. The Morgan fingerprint density at radius 2 is 1.81 bits per heavy atom. The van der Waals surface area contributed by atoms with Gasteiger partial charge in [0.25, 0.3) is 0 Å². The quantitative estimate of drug-likeness (QED) is 0.194. The molecule has 36 heavy (non-hydrogen) atoms. The molecule has 198 valence electrons. The molecule has 0 aromatic heterocycles. The number of rotatable bonds is 11. The number of aliphatic carboxylic acids is 1. The summed E-state index contributed by atoms with van der Waals surface area (Å²) in [4.78, 5) is 23.3. The van der Waals surface area contributed by atoms with E-state index in [2.05, 4.69) is 64.2 Å². The van der Waals surface area contributed by atoms with Crippen LogP contribution in [0.25, 0.3) is 0 Å². The molecule has 0 spiro atoms. The molecule has 4 nitrogen and oxygen atoms in total. The summed E-state index contributed by atoms with van der Waals surface area (Å²) in [6, 6.07) is 8.54. The number of benzene rings is 1. The Hall–Kier alpha value is -2.05. The number of alkyl halides is 1. The van der Waals surface area contributed by atoms with E-state index in [1.807, 2.05) is 18.2 Å². The fourth-order valence-electron chi connectivity index (χ4n) is 5.09. The summed E-state index contributed by atoms with van der Waals surface area (Å²) < 4.78 is 21.9. The summed E-state index contributed by atoms with van der Waals surface area (Å²) >= 11 is 0. The summed E-state index contributed by atoms with van der Waals surface area (Å²) in [5.74, 6) is -1.35. The molecule has 6 heteroatoms. The van der Waals surface area contributed by atoms with Crippen LogP contribution < -0.4 is 0 Å². The van der Waals surface area contributed by atoms with Crippen LogP contribution in [0.5, 0.6) is 0 Å². The number of halogens is 1. The van der Waals surface area contributed by atoms with Crippen LogP contribution in [-0.2, 0) is 26.9 Å². The van der Waals surface area contributed by atoms with Crippen molar-refractivity contribution in [2.24, 2.45) is 17.8 Å². The second-order valence-corrected chi connectivity index (χ2v) is 16.8. The molecule has 1 N–H and O–H groups in total. The molecule has 1 aromatic rings. The number of hydrogen-bond donors (Lipinski definition) is 1. The van der Waals surface area contributed by atoms with Gasteiger partial charge in [-0.3, -0.25) is 9.59 Å². The first-order chi connectivity index (χ1) is 16.9. The van der Waals surface area contributed by atoms with E-state index >= 15 is 0 Å². The first kappa shape index (κ1) is 28.5. The predicted octanol–water partition coefficient (Wildman–Crippen LogP) is 7.09. The molecule has 3 rings (SSSR count). The first-order valence-corrected chi connectivity index (χ1v) is 16.3. The van der Waals surface area contributed by atoms with Crippen LogP contribution in [0.15, 0.2) is 48.6 Å². The van der Waals surface area contributed by atoms with Crippen molar-refractivity contribution in [1.29, 1.82) is 0 Å². The number of carboxylic acid groups (broad SMARTS) is 1. The molecule has 0 bridgehead atoms. The van der Waals surface area contributed by atoms with E-state index in [1.165, 1.54) is 11.1 Å². The van der Waals surface area contributed by atoms with Gasteiger partial charge in [0.05, 0.1) is 6.10 Å². The molecular weight excluding hydrogens is 471 g/mol. The molecule has 0 saturated heterocycles. The number of carbonyl (C=O) groups is 2. The third kappa shape index (κ3) is 7.25. The maximum absolute atomic E-state index is 15.0. The minimum atomic E-state index is -2.07. The van der Waals surface area contributed by atoms with E-state index in [4.69, 9.17) is 9.53 Å². The zero-order valence-electron chi connectivity index (χ0n) is 22.5. The smallest absolute Gasteiger partial charge is 0.303 e. The number of unbranched alkanes of at least 4 members (excludes halogenated alkanes) is 1. The highest BCUT2D eigenvalue weighted by molar-refractivity contribution is 6.74. The highest BCUT2D eigenvalue weighted by Gasteiger charge is 2.43. The Morgan fingerprint density at radius 3 is 2.39 bits per heavy atom. The molecule has 2 aliphatic carbocycles. The van der Waals surface area contributed by atoms with Gasteiger partial charge in [0.15, 0.2) is 8.32 Å². The maximum atomic E-state index is 15.0. The van der Waals surface area contributed by atoms with E-state index < -0.39 is 26.4 Å². The number of carboxylic acids is 1. The normalized spacial score (nSPS) is 24.2. The van der Waals surface area contributed by atoms with E-state index in [0.717, 1.165) is 12.8 Å². The van der Waals surface area contributed by atoms with Gasteiger partial charge < -0.3 is 9.53 Å². The Kier molecular flexibility index (Phi) is 9.50. The van der Waals surface area contributed by atoms with E-state index in [0.29, 0.717) is 25.2 Å². The van der Waals surface area contributed by atoms with Crippen LogP contribution in [0.2, 0.25) is 18.1 Å². The summed E-state index contributed by atoms with van der Waals surface area (Å²) in [5.41, 5.74) is 2.73. The zero-order chi connectivity index (χ0) is 26.5. The van der Waals surface area contributed by atoms with Crippen molar-refractivity contribution in [3.63, 3.8) is 0 Å². The Bertz CT molecular complexity index is 952. The zero-order valence-corrected chi connectivity index (χ0v) is 23.5. The second-order valence-electron chi connectivity index (χ2n) is 12.0. The Morgan fingerprint density at radius 1 is 1.17 bits per heavy atom. The second kappa shape index (κ2) is 12.0. The lowest BCUT2D eigenvalue weighted by atomic mass is 9.89. The van der Waals surface area contributed by atoms with Gasteiger partial charge in [0, 0.05) is 24.7 Å². The minimum absolute atomic E-state index is 0.0255. The SMILES string of the molecule is CC(C)(C)[Si](C)(C)OC(C=C[C@H]1[C@@H](F)CC(=O)[C@@H]1CC=CCCCC(=O)O)C1Cc2ccccc2C1. The van der Waals surface area contributed by atoms with Gasteiger partial charge in [-0.1, -0.05) is 69.3 Å². The lowest BCUT2D eigenvalue weighted by molar-refractivity contribution is -0.137. The number of hydrogen-bond acceptors (Lipinski definition) is 3. The van der Waals surface area contributed by atoms with E-state index in [9.17, 15) is 14.0 Å². The first-order valence-electron chi connectivity index (χ1n) is 13.4. The number of fused-ring (bicyclic) bond motifs is 1. The fourth-order valence-corrected chi connectivity index (χ4v) is 6.40. The molecule has 0 aliphatic heterocycles. The van der Waals surface area contributed by atoms with Crippen molar-refractivity contribution >= 4 is 20.1 Å². The molecule has 4 atom stereocenters. The number of ketones is 1. The van der Waals surface area contributed by atoms with Gasteiger partial charge >= 0.3 is 5.97 Å². The van der Waals surface area contributed by atoms with Crippen LogP contribution in [0.4, 0.5) is 4.39 Å². The van der Waals surface area contributed by atoms with Crippen LogP contribution in [-0.4, -0.2) is 37.5 Å². The number of carbonyl (C=O) groups excluding carboxylic acids is 1. The molecule has 1 aromatic carbocycles. The molecule has 0 heterocycles. The van der Waals surface area contributed by atoms with Gasteiger partial charge in [-0.05, 0) is 67.3 Å². The standard InChI is InChI=1S/C30H43FO4Si/c1-30(2,3)36(4,5)35-28(23-18-21-12-10-11-13-22(21)19-23)17-16-24-25(27(32)20-26(24)31)14-8-6-7-9-15-29(33)34/h6,8,10-13,16-17,23-26,28H,7,9,14-15,18-20H2,1-5H3,(H,33,34)/t24-,25-,26+,28?/m1/s1. The average Bonchev–Trinajstić information content (AvgIpc) is 3.33. The lowest BCUT2D eigenvalue weighted by Gasteiger charge is -2.40. The monoisotopic (exact) mass is 514 g/mol. The van der Waals surface area contributed by atoms with Crippen LogP contribution >= 0.6 is 0 Å². The van der Waals surface area contributed by atoms with Gasteiger partial charge in [-0.2, -0.15) is 0 Å². The molecule has 0 radical (unpaired) electrons. The van der Waals surface area contributed by atoms with Crippen molar-refractivity contribution < 1.29 is 23.5 Å². The molecule has 2 aliphatic rings. The Labute approximate surface area is 217 Å². The summed E-state index contributed by atoms with van der Waals surface area (Å²) in [6.45, 7) is 11.2. The van der Waals surface area contributed by atoms with Crippen molar-refractivity contribution in [2.45, 2.75) is 96.1 Å². The molecule has 1 fully saturated rings. The molecule has 1 unspecified atom stereocenters. The molecule has 1 saturated carbocycles. The largest absolute Gasteiger partial charge is 0.481 e. The third-order valence-electron chi connectivity index (χ3n) is 8.32. The molecule has 0 amide bonds. The summed E-state index contributed by atoms with van der Waals surface area (Å²) in [5, 5.41) is 8.82. The van der Waals surface area contributed by atoms with Crippen molar-refractivity contribution in [3.05, 3.63) is 59.7 Å². The Balaban J connectivity index is 1.75. The highest BCUT2D eigenvalue weighted by Crippen LogP contribution is 2.41. The van der Waals surface area contributed by atoms with Crippen LogP contribution in [0.1, 0.15) is 64.0 Å². The summed E-state index contributed by atoms with van der Waals surface area (Å²) in [6.07, 6.45) is 10.2. The average molecular weight is 515 g/mol. The van der Waals surface area contributed by atoms with Crippen LogP contribution in [0, 0.1) is 17.8 Å². The van der Waals surface area contributed by atoms with Crippen molar-refractivity contribution in [3.8, 4) is 0 Å². The maximum Gasteiger partial charge on any atom is 0.303 e. The van der Waals surface area contributed by atoms with Crippen molar-refractivity contribution in [2.75, 3.05) is 0 Å². The van der Waals surface area contributed by atoms with Gasteiger partial charge in [-0.15, -0.1) is 0 Å². The fraction of sp³-hybridized carbons (Fsp3) is 0.600. The van der Waals surface area contributed by atoms with Crippen molar-refractivity contribution in [1.82, 2.24) is 0 Å². The lowest BCUT2D eigenvalue weighted by Crippen LogP contribution is -2.45.